The number of rotatable bonds is 3. The molecule has 6 nitrogen and oxygen atoms in total. The minimum absolute atomic E-state index is 0.0967. The van der Waals surface area contributed by atoms with Crippen LogP contribution in [0.15, 0.2) is 0 Å². The van der Waals surface area contributed by atoms with Gasteiger partial charge in [-0.15, -0.1) is 0 Å². The number of sulfone groups is 1. The summed E-state index contributed by atoms with van der Waals surface area (Å²) in [6.45, 7) is 1.74. The Morgan fingerprint density at radius 3 is 2.42 bits per heavy atom. The molecular formula is C12H20N2O4S. The van der Waals surface area contributed by atoms with Crippen molar-refractivity contribution < 1.29 is 18.0 Å². The number of hydrogen-bond acceptors (Lipinski definition) is 4. The normalized spacial score (nSPS) is 26.8. The van der Waals surface area contributed by atoms with Gasteiger partial charge in [0, 0.05) is 12.8 Å². The second-order valence-electron chi connectivity index (χ2n) is 5.55. The van der Waals surface area contributed by atoms with Crippen molar-refractivity contribution in [3.63, 3.8) is 0 Å². The third-order valence-electron chi connectivity index (χ3n) is 4.04. The van der Waals surface area contributed by atoms with Gasteiger partial charge in [0.05, 0.1) is 5.75 Å². The van der Waals surface area contributed by atoms with Crippen molar-refractivity contribution in [2.75, 3.05) is 18.6 Å². The fourth-order valence-corrected chi connectivity index (χ4v) is 3.51. The maximum absolute atomic E-state index is 12.3. The van der Waals surface area contributed by atoms with Crippen LogP contribution in [-0.2, 0) is 19.4 Å². The van der Waals surface area contributed by atoms with Gasteiger partial charge < -0.3 is 10.2 Å². The highest BCUT2D eigenvalue weighted by Gasteiger charge is 2.52. The van der Waals surface area contributed by atoms with Gasteiger partial charge in [0.15, 0.2) is 0 Å². The van der Waals surface area contributed by atoms with Crippen LogP contribution >= 0.6 is 0 Å². The monoisotopic (exact) mass is 288 g/mol. The number of hydrogen-bond donors (Lipinski definition) is 1. The van der Waals surface area contributed by atoms with E-state index in [1.165, 1.54) is 4.90 Å². The zero-order valence-electron chi connectivity index (χ0n) is 11.3. The Labute approximate surface area is 113 Å². The minimum atomic E-state index is -3.15. The molecule has 7 heteroatoms. The molecule has 0 radical (unpaired) electrons. The topological polar surface area (TPSA) is 83.6 Å². The Morgan fingerprint density at radius 2 is 1.89 bits per heavy atom. The van der Waals surface area contributed by atoms with Crippen molar-refractivity contribution in [3.05, 3.63) is 0 Å². The van der Waals surface area contributed by atoms with E-state index in [0.717, 1.165) is 19.1 Å². The van der Waals surface area contributed by atoms with Crippen LogP contribution in [0, 0.1) is 0 Å². The van der Waals surface area contributed by atoms with Crippen LogP contribution in [0.3, 0.4) is 0 Å². The minimum Gasteiger partial charge on any atom is -0.343 e. The Bertz CT molecular complexity index is 494. The molecule has 2 aliphatic rings. The summed E-state index contributed by atoms with van der Waals surface area (Å²) in [4.78, 5) is 26.0. The molecule has 0 bridgehead atoms. The maximum atomic E-state index is 12.3. The van der Waals surface area contributed by atoms with Gasteiger partial charge in [0.1, 0.15) is 21.4 Å². The lowest BCUT2D eigenvalue weighted by molar-refractivity contribution is -0.156. The molecule has 1 N–H and O–H groups in total. The number of carbonyl (C=O) groups is 2. The van der Waals surface area contributed by atoms with E-state index in [1.54, 1.807) is 6.92 Å². The summed E-state index contributed by atoms with van der Waals surface area (Å²) in [6.07, 6.45) is 4.18. The van der Waals surface area contributed by atoms with E-state index in [2.05, 4.69) is 5.32 Å². The van der Waals surface area contributed by atoms with Crippen molar-refractivity contribution in [1.29, 1.82) is 0 Å². The van der Waals surface area contributed by atoms with Crippen LogP contribution in [0.5, 0.6) is 0 Å². The van der Waals surface area contributed by atoms with E-state index in [1.807, 2.05) is 0 Å². The summed E-state index contributed by atoms with van der Waals surface area (Å²) in [7, 11) is -3.15. The summed E-state index contributed by atoms with van der Waals surface area (Å²) in [5.74, 6) is -0.406. The largest absolute Gasteiger partial charge is 0.343 e. The molecule has 108 valence electrons. The van der Waals surface area contributed by atoms with Crippen molar-refractivity contribution in [3.8, 4) is 0 Å². The second kappa shape index (κ2) is 4.77. The van der Waals surface area contributed by atoms with E-state index in [0.29, 0.717) is 12.8 Å². The number of nitrogens with zero attached hydrogens (tertiary/aromatic N) is 1. The molecule has 2 rings (SSSR count). The molecule has 1 atom stereocenters. The zero-order valence-corrected chi connectivity index (χ0v) is 12.1. The van der Waals surface area contributed by atoms with Crippen molar-refractivity contribution in [2.45, 2.75) is 44.2 Å². The van der Waals surface area contributed by atoms with Crippen LogP contribution in [0.2, 0.25) is 0 Å². The summed E-state index contributed by atoms with van der Waals surface area (Å²) >= 11 is 0. The van der Waals surface area contributed by atoms with Gasteiger partial charge in [0.25, 0.3) is 0 Å². The van der Waals surface area contributed by atoms with E-state index in [-0.39, 0.29) is 24.1 Å². The first kappa shape index (κ1) is 14.3. The molecule has 0 aromatic heterocycles. The molecule has 1 saturated carbocycles. The molecule has 19 heavy (non-hydrogen) atoms. The van der Waals surface area contributed by atoms with Crippen LogP contribution in [0.1, 0.15) is 32.6 Å². The summed E-state index contributed by atoms with van der Waals surface area (Å²) in [5.41, 5.74) is -0.811. The first-order valence-electron chi connectivity index (χ1n) is 6.56. The quantitative estimate of drug-likeness (QED) is 0.772. The number of carbonyl (C=O) groups excluding carboxylic acids is 2. The highest BCUT2D eigenvalue weighted by atomic mass is 32.2. The standard InChI is InChI=1S/C12H20N2O4S/c1-9-10(15)14(7-8-19(2,17)18)12(11(16)13-9)5-3-4-6-12/h9H,3-8H2,1-2H3,(H,13,16). The van der Waals surface area contributed by atoms with Gasteiger partial charge in [-0.2, -0.15) is 0 Å². The number of amides is 2. The highest BCUT2D eigenvalue weighted by Crippen LogP contribution is 2.37. The van der Waals surface area contributed by atoms with Crippen LogP contribution in [0.4, 0.5) is 0 Å². The van der Waals surface area contributed by atoms with Crippen LogP contribution in [-0.4, -0.2) is 55.3 Å². The Balaban J connectivity index is 2.27. The lowest BCUT2D eigenvalue weighted by atomic mass is 9.90. The fraction of sp³-hybridized carbons (Fsp3) is 0.833. The lowest BCUT2D eigenvalue weighted by Gasteiger charge is -2.45. The Kier molecular flexibility index (Phi) is 3.59. The molecule has 2 amide bonds. The molecule has 1 heterocycles. The van der Waals surface area contributed by atoms with Gasteiger partial charge in [0.2, 0.25) is 11.8 Å². The average molecular weight is 288 g/mol. The first-order valence-corrected chi connectivity index (χ1v) is 8.62. The van der Waals surface area contributed by atoms with Gasteiger partial charge in [-0.25, -0.2) is 8.42 Å². The predicted octanol–water partition coefficient (Wildman–Crippen LogP) is -0.309. The third-order valence-corrected chi connectivity index (χ3v) is 4.96. The van der Waals surface area contributed by atoms with Gasteiger partial charge >= 0.3 is 0 Å². The molecule has 0 aromatic rings. The summed E-state index contributed by atoms with van der Waals surface area (Å²) in [6, 6.07) is -0.571. The fourth-order valence-electron chi connectivity index (χ4n) is 3.00. The van der Waals surface area contributed by atoms with Crippen LogP contribution in [0.25, 0.3) is 0 Å². The SMILES string of the molecule is CC1NC(=O)C2(CCCC2)N(CCS(C)(=O)=O)C1=O. The predicted molar refractivity (Wildman–Crippen MR) is 70.2 cm³/mol. The Hall–Kier alpha value is -1.11. The molecule has 1 saturated heterocycles. The van der Waals surface area contributed by atoms with Gasteiger partial charge in [-0.1, -0.05) is 12.8 Å². The van der Waals surface area contributed by atoms with E-state index in [4.69, 9.17) is 0 Å². The first-order chi connectivity index (χ1) is 8.76. The smallest absolute Gasteiger partial charge is 0.246 e. The zero-order chi connectivity index (χ0) is 14.3. The van der Waals surface area contributed by atoms with Crippen molar-refractivity contribution >= 4 is 21.7 Å². The number of nitrogens with one attached hydrogen (secondary N) is 1. The molecule has 0 aromatic carbocycles. The van der Waals surface area contributed by atoms with Gasteiger partial charge in [-0.05, 0) is 19.8 Å². The van der Waals surface area contributed by atoms with E-state index in [9.17, 15) is 18.0 Å². The van der Waals surface area contributed by atoms with Crippen molar-refractivity contribution in [1.82, 2.24) is 10.2 Å². The highest BCUT2D eigenvalue weighted by molar-refractivity contribution is 7.90. The summed E-state index contributed by atoms with van der Waals surface area (Å²) < 4.78 is 22.6. The molecule has 1 unspecified atom stereocenters. The molecule has 1 spiro atoms. The second-order valence-corrected chi connectivity index (χ2v) is 7.81. The van der Waals surface area contributed by atoms with E-state index >= 15 is 0 Å². The Morgan fingerprint density at radius 1 is 1.32 bits per heavy atom. The molecule has 2 fully saturated rings. The summed E-state index contributed by atoms with van der Waals surface area (Å²) in [5, 5.41) is 2.71. The molecule has 1 aliphatic heterocycles. The van der Waals surface area contributed by atoms with Gasteiger partial charge in [-0.3, -0.25) is 9.59 Å². The van der Waals surface area contributed by atoms with E-state index < -0.39 is 21.4 Å². The van der Waals surface area contributed by atoms with Crippen LogP contribution < -0.4 is 5.32 Å². The average Bonchev–Trinajstić information content (AvgIpc) is 2.76. The number of piperazine rings is 1. The third kappa shape index (κ3) is 2.61. The molecular weight excluding hydrogens is 268 g/mol. The lowest BCUT2D eigenvalue weighted by Crippen LogP contribution is -2.69. The maximum Gasteiger partial charge on any atom is 0.246 e. The molecule has 1 aliphatic carbocycles. The van der Waals surface area contributed by atoms with Crippen molar-refractivity contribution in [2.24, 2.45) is 0 Å².